The summed E-state index contributed by atoms with van der Waals surface area (Å²) in [7, 11) is 1.53. The van der Waals surface area contributed by atoms with Gasteiger partial charge in [0.1, 0.15) is 5.75 Å². The summed E-state index contributed by atoms with van der Waals surface area (Å²) < 4.78 is 79.8. The number of likely N-dealkylation sites (N-methyl/N-ethyl adjacent to an activating group) is 1. The average Bonchev–Trinajstić information content (AvgIpc) is 1.20. The van der Waals surface area contributed by atoms with Gasteiger partial charge in [-0.25, -0.2) is 0 Å². The Bertz CT molecular complexity index is 5950. The zero-order chi connectivity index (χ0) is 107. The zero-order valence-electron chi connectivity index (χ0n) is 81.3. The van der Waals surface area contributed by atoms with Crippen LogP contribution in [0.15, 0.2) is 258 Å². The number of benzene rings is 10. The molecule has 39 heteroatoms. The van der Waals surface area contributed by atoms with E-state index in [4.69, 9.17) is 0 Å². The Hall–Kier alpha value is -13.2. The molecule has 147 heavy (non-hydrogen) atoms. The maximum atomic E-state index is 12.6. The Balaban J connectivity index is 0.000000188. The van der Waals surface area contributed by atoms with Crippen molar-refractivity contribution in [3.63, 3.8) is 0 Å². The highest BCUT2D eigenvalue weighted by Crippen LogP contribution is 2.32. The summed E-state index contributed by atoms with van der Waals surface area (Å²) in [6, 6.07) is 71.1. The van der Waals surface area contributed by atoms with Crippen molar-refractivity contribution in [2.24, 2.45) is 0 Å². The van der Waals surface area contributed by atoms with Gasteiger partial charge in [0.05, 0.1) is 17.6 Å². The van der Waals surface area contributed by atoms with Crippen molar-refractivity contribution in [1.82, 2.24) is 51.1 Å². The quantitative estimate of drug-likeness (QED) is 0.0194. The summed E-state index contributed by atoms with van der Waals surface area (Å²) in [6.45, 7) is 13.0. The number of hydrogen-bond donors (Lipinski definition) is 15. The van der Waals surface area contributed by atoms with Crippen molar-refractivity contribution >= 4 is 90.9 Å². The van der Waals surface area contributed by atoms with E-state index in [1.54, 1.807) is 13.8 Å². The second kappa shape index (κ2) is 54.0. The number of amides is 10. The first-order valence-corrected chi connectivity index (χ1v) is 48.8. The van der Waals surface area contributed by atoms with Crippen LogP contribution in [0.3, 0.4) is 0 Å². The van der Waals surface area contributed by atoms with Gasteiger partial charge in [-0.05, 0) is 183 Å². The fourth-order valence-electron chi connectivity index (χ4n) is 16.0. The fourth-order valence-corrected chi connectivity index (χ4v) is 16.6. The first-order chi connectivity index (χ1) is 69.6. The lowest BCUT2D eigenvalue weighted by Crippen LogP contribution is -2.51. The highest BCUT2D eigenvalue weighted by molar-refractivity contribution is 9.10. The van der Waals surface area contributed by atoms with E-state index in [0.29, 0.717) is 89.0 Å². The lowest BCUT2D eigenvalue weighted by molar-refractivity contribution is -0.274. The number of ether oxygens (including phenoxy) is 1. The average molecular weight is 2170 g/mol. The van der Waals surface area contributed by atoms with Gasteiger partial charge >= 0.3 is 12.5 Å². The predicted octanol–water partition coefficient (Wildman–Crippen LogP) is 9.03. The summed E-state index contributed by atoms with van der Waals surface area (Å²) in [4.78, 5) is 131. The molecule has 10 aromatic rings. The maximum Gasteiger partial charge on any atom is 0.573 e. The Morgan fingerprint density at radius 1 is 0.340 bits per heavy atom. The van der Waals surface area contributed by atoms with Gasteiger partial charge in [-0.1, -0.05) is 253 Å². The number of aliphatic hydroxyl groups excluding tert-OH is 10. The predicted molar refractivity (Wildman–Crippen MR) is 537 cm³/mol. The molecule has 0 fully saturated rings. The van der Waals surface area contributed by atoms with Crippen molar-refractivity contribution in [1.29, 1.82) is 0 Å². The standard InChI is InChI=1S/C24H30N2O4.C21H23BrN2O4.C21H25BrN2O4.C21H21F3N2O5.C21H21F3N2O4/c1-24(2,3)19-10-8-16(9-11-19)14-25-22(29)20(27)21(28)23(30)26-13-12-17-6-4-5-7-18(17)15-26;1-13(14-6-8-17(22)9-7-14)23-20(27)18(25)19(26)21(28)24-11-10-15-4-2-3-5-16(15)12-24;1-14(16-8-10-17(22)11-9-16)23-20(27)18(25)19(26)21(28)24(2)13-12-15-6-4-3-5-7-15;22-21(23,24)31-16-7-5-13(6-8-16)11-25-19(29)17(27)18(28)20(30)26-10-9-14-3-1-2-4-15(14)12-26;22-21(23,24)16-7-5-13(6-8-16)11-25-19(29)17(27)18(28)20(30)26-10-9-14-3-1-2-4-15(14)12-26/h4-11,20-21,27-28H,12-15H2,1-3H3,(H,25,29);2-9,13,18-19,25-26H,10-12H2,1H3,(H,23,27);3-11,14,18-19,25-26H,12-13H2,1-2H3,(H,23,27);1-8,17-18,27-28H,9-12H2,(H,25,29);1-8,17-18,27-28H,9-12H2,(H,25,29)/t20-,21-;13-,18-,19-;14-,18+,19+;2*17-,18-/m11011/s1. The smallest absolute Gasteiger partial charge is 0.406 e. The third kappa shape index (κ3) is 34.2. The van der Waals surface area contributed by atoms with Gasteiger partial charge in [0.15, 0.2) is 61.0 Å². The fraction of sp³-hybridized carbons (Fsp3) is 0.352. The van der Waals surface area contributed by atoms with E-state index in [9.17, 15) is 125 Å². The number of carbonyl (C=O) groups excluding carboxylic acids is 10. The van der Waals surface area contributed by atoms with Crippen LogP contribution in [0, 0.1) is 0 Å². The normalized spacial score (nSPS) is 15.6. The number of aliphatic hydroxyl groups is 10. The molecule has 15 N–H and O–H groups in total. The van der Waals surface area contributed by atoms with Crippen LogP contribution in [0.4, 0.5) is 26.3 Å². The van der Waals surface area contributed by atoms with E-state index in [-0.39, 0.29) is 50.2 Å². The molecule has 0 radical (unpaired) electrons. The Morgan fingerprint density at radius 2 is 0.612 bits per heavy atom. The number of halogens is 8. The number of carbonyl (C=O) groups is 10. The molecule has 10 amide bonds. The Labute approximate surface area is 862 Å². The highest BCUT2D eigenvalue weighted by atomic mass is 79.9. The Morgan fingerprint density at radius 3 is 0.905 bits per heavy atom. The number of nitrogens with one attached hydrogen (secondary N) is 5. The van der Waals surface area contributed by atoms with Crippen LogP contribution >= 0.6 is 31.9 Å². The molecule has 0 aliphatic carbocycles. The number of alkyl halides is 6. The first kappa shape index (κ1) is 116. The molecule has 0 unspecified atom stereocenters. The largest absolute Gasteiger partial charge is 0.573 e. The van der Waals surface area contributed by atoms with Crippen LogP contribution in [0.25, 0.3) is 0 Å². The van der Waals surface area contributed by atoms with Crippen molar-refractivity contribution in [2.45, 2.75) is 204 Å². The van der Waals surface area contributed by atoms with Crippen molar-refractivity contribution in [2.75, 3.05) is 39.8 Å². The van der Waals surface area contributed by atoms with Gasteiger partial charge in [0.25, 0.3) is 59.1 Å². The van der Waals surface area contributed by atoms with E-state index in [1.807, 2.05) is 200 Å². The molecule has 10 aromatic carbocycles. The van der Waals surface area contributed by atoms with E-state index >= 15 is 0 Å². The minimum absolute atomic E-state index is 0.0391. The van der Waals surface area contributed by atoms with Crippen LogP contribution < -0.4 is 31.3 Å². The number of fused-ring (bicyclic) bond motifs is 4. The van der Waals surface area contributed by atoms with E-state index in [1.165, 1.54) is 72.5 Å². The van der Waals surface area contributed by atoms with Crippen LogP contribution in [-0.2, 0) is 137 Å². The Kier molecular flexibility index (Phi) is 42.5. The third-order valence-electron chi connectivity index (χ3n) is 24.9. The molecule has 4 aliphatic heterocycles. The molecule has 12 atom stereocenters. The monoisotopic (exact) mass is 2160 g/mol. The van der Waals surface area contributed by atoms with E-state index < -0.39 is 144 Å². The van der Waals surface area contributed by atoms with Crippen LogP contribution in [0.5, 0.6) is 5.75 Å². The van der Waals surface area contributed by atoms with Gasteiger partial charge in [0, 0.05) is 94.5 Å². The maximum absolute atomic E-state index is 12.6. The molecule has 0 aromatic heterocycles. The van der Waals surface area contributed by atoms with Gasteiger partial charge in [-0.3, -0.25) is 47.9 Å². The molecule has 784 valence electrons. The molecular weight excluding hydrogens is 2050 g/mol. The molecule has 31 nitrogen and oxygen atoms in total. The van der Waals surface area contributed by atoms with Gasteiger partial charge in [-0.2, -0.15) is 13.2 Å². The molecule has 4 heterocycles. The van der Waals surface area contributed by atoms with Crippen LogP contribution in [0.2, 0.25) is 0 Å². The lowest BCUT2D eigenvalue weighted by Gasteiger charge is -2.31. The molecule has 4 aliphatic rings. The zero-order valence-corrected chi connectivity index (χ0v) is 84.5. The van der Waals surface area contributed by atoms with E-state index in [0.717, 1.165) is 88.8 Å². The highest BCUT2D eigenvalue weighted by Gasteiger charge is 2.41. The van der Waals surface area contributed by atoms with Gasteiger partial charge < -0.3 is 107 Å². The number of hydrogen-bond acceptors (Lipinski definition) is 21. The summed E-state index contributed by atoms with van der Waals surface area (Å²) in [6.07, 6.45) is -24.9. The molecule has 0 saturated carbocycles. The summed E-state index contributed by atoms with van der Waals surface area (Å²) in [5.74, 6) is -8.24. The third-order valence-corrected chi connectivity index (χ3v) is 26.0. The summed E-state index contributed by atoms with van der Waals surface area (Å²) in [5, 5.41) is 114. The summed E-state index contributed by atoms with van der Waals surface area (Å²) >= 11 is 6.69. The van der Waals surface area contributed by atoms with Gasteiger partial charge in [0.2, 0.25) is 0 Å². The molecular formula is C108H120Br2F6N10O21. The van der Waals surface area contributed by atoms with Crippen LogP contribution in [-0.4, -0.2) is 242 Å². The molecule has 14 rings (SSSR count). The lowest BCUT2D eigenvalue weighted by atomic mass is 9.87. The first-order valence-electron chi connectivity index (χ1n) is 47.2. The second-order valence-corrected chi connectivity index (χ2v) is 38.4. The molecule has 0 spiro atoms. The molecule has 0 saturated heterocycles. The van der Waals surface area contributed by atoms with Gasteiger partial charge in [-0.15, -0.1) is 13.2 Å². The summed E-state index contributed by atoms with van der Waals surface area (Å²) in [5.41, 5.74) is 13.3. The van der Waals surface area contributed by atoms with E-state index in [2.05, 4.69) is 84.0 Å². The minimum atomic E-state index is -4.81. The number of rotatable bonds is 29. The topological polar surface area (TPSA) is 459 Å². The minimum Gasteiger partial charge on any atom is -0.406 e. The van der Waals surface area contributed by atoms with Crippen molar-refractivity contribution in [3.05, 3.63) is 347 Å². The van der Waals surface area contributed by atoms with Crippen LogP contribution in [0.1, 0.15) is 136 Å². The van der Waals surface area contributed by atoms with Crippen molar-refractivity contribution < 1.29 is 130 Å². The molecule has 0 bridgehead atoms. The SMILES string of the molecule is CC(C)(C)c1ccc(CNC(=O)[C@H](O)[C@@H](O)C(=O)N2CCc3ccccc3C2)cc1.C[C@@H](NC(=O)[C@H](O)[C@@H](O)C(=O)N1CCc2ccccc2C1)c1ccc(Br)cc1.C[C@H](NC(=O)[C@H](O)[C@@H](O)C(=O)N(C)CCc1ccccc1)c1ccc(Br)cc1.O=C(NCc1ccc(C(F)(F)F)cc1)[C@H](O)[C@@H](O)C(=O)N1CCc2ccccc2C1.O=C(NCc1ccc(OC(F)(F)F)cc1)[C@H](O)[C@@H](O)C(=O)N1CCc2ccccc2C1. The second-order valence-electron chi connectivity index (χ2n) is 36.6. The number of nitrogens with zero attached hydrogens (tertiary/aromatic N) is 5. The van der Waals surface area contributed by atoms with Crippen molar-refractivity contribution in [3.8, 4) is 5.75 Å².